The summed E-state index contributed by atoms with van der Waals surface area (Å²) in [6.07, 6.45) is 1.70. The van der Waals surface area contributed by atoms with Crippen LogP contribution in [0.4, 0.5) is 20.6 Å². The van der Waals surface area contributed by atoms with E-state index in [9.17, 15) is 14.0 Å². The number of amides is 2. The predicted octanol–water partition coefficient (Wildman–Crippen LogP) is 2.45. The van der Waals surface area contributed by atoms with E-state index < -0.39 is 11.9 Å². The maximum atomic E-state index is 15.0. The van der Waals surface area contributed by atoms with Gasteiger partial charge in [-0.3, -0.25) is 9.69 Å². The van der Waals surface area contributed by atoms with Crippen molar-refractivity contribution >= 4 is 23.4 Å². The lowest BCUT2D eigenvalue weighted by Gasteiger charge is -2.37. The minimum Gasteiger partial charge on any atom is -0.442 e. The summed E-state index contributed by atoms with van der Waals surface area (Å²) in [5, 5.41) is 7.91. The van der Waals surface area contributed by atoms with Crippen LogP contribution in [-0.2, 0) is 16.1 Å². The molecule has 32 heavy (non-hydrogen) atoms. The first-order valence-corrected chi connectivity index (χ1v) is 11.0. The van der Waals surface area contributed by atoms with Gasteiger partial charge in [-0.15, -0.1) is 5.10 Å². The van der Waals surface area contributed by atoms with Gasteiger partial charge in [-0.25, -0.2) is 13.9 Å². The number of benzene rings is 1. The van der Waals surface area contributed by atoms with Crippen molar-refractivity contribution in [2.24, 2.45) is 5.92 Å². The average Bonchev–Trinajstić information content (AvgIpc) is 3.37. The summed E-state index contributed by atoms with van der Waals surface area (Å²) in [6.45, 7) is 8.78. The average molecular weight is 445 g/mol. The lowest BCUT2D eigenvalue weighted by Crippen LogP contribution is -2.50. The molecular formula is C22H29FN6O3. The molecule has 0 radical (unpaired) electrons. The lowest BCUT2D eigenvalue weighted by atomic mass is 10.1. The fourth-order valence-corrected chi connectivity index (χ4v) is 4.09. The van der Waals surface area contributed by atoms with E-state index in [0.717, 1.165) is 12.1 Å². The van der Waals surface area contributed by atoms with Crippen molar-refractivity contribution in [3.8, 4) is 0 Å². The molecule has 2 aromatic rings. The van der Waals surface area contributed by atoms with E-state index in [1.807, 2.05) is 30.6 Å². The minimum atomic E-state index is -0.504. The van der Waals surface area contributed by atoms with Gasteiger partial charge in [0.15, 0.2) is 0 Å². The monoisotopic (exact) mass is 444 g/mol. The van der Waals surface area contributed by atoms with Crippen molar-refractivity contribution in [2.75, 3.05) is 42.5 Å². The molecule has 1 unspecified atom stereocenters. The zero-order chi connectivity index (χ0) is 22.8. The van der Waals surface area contributed by atoms with E-state index in [1.54, 1.807) is 23.0 Å². The molecule has 10 heteroatoms. The number of carbonyl (C=O) groups excluding carboxylic acids is 2. The van der Waals surface area contributed by atoms with Crippen LogP contribution in [0.5, 0.6) is 0 Å². The summed E-state index contributed by atoms with van der Waals surface area (Å²) >= 11 is 0. The Balaban J connectivity index is 1.38. The second-order valence-corrected chi connectivity index (χ2v) is 8.46. The summed E-state index contributed by atoms with van der Waals surface area (Å²) in [4.78, 5) is 30.0. The quantitative estimate of drug-likeness (QED) is 0.681. The van der Waals surface area contributed by atoms with Crippen LogP contribution in [0.3, 0.4) is 0 Å². The number of aryl methyl sites for hydroxylation is 1. The molecule has 0 bridgehead atoms. The SMILES string of the molecule is CCC(C)C(=O)N1CCN(c2ccc(N3C[C@H](Cn4cc(C)nn4)OC3=O)cc2F)CC1. The Morgan fingerprint density at radius 1 is 1.28 bits per heavy atom. The number of hydrogen-bond acceptors (Lipinski definition) is 6. The molecule has 3 heterocycles. The van der Waals surface area contributed by atoms with E-state index in [2.05, 4.69) is 10.3 Å². The van der Waals surface area contributed by atoms with Crippen LogP contribution in [-0.4, -0.2) is 70.7 Å². The highest BCUT2D eigenvalue weighted by molar-refractivity contribution is 5.90. The van der Waals surface area contributed by atoms with Gasteiger partial charge in [0.25, 0.3) is 0 Å². The summed E-state index contributed by atoms with van der Waals surface area (Å²) in [7, 11) is 0. The Morgan fingerprint density at radius 3 is 2.66 bits per heavy atom. The summed E-state index contributed by atoms with van der Waals surface area (Å²) < 4.78 is 22.0. The van der Waals surface area contributed by atoms with Crippen molar-refractivity contribution in [3.05, 3.63) is 35.9 Å². The van der Waals surface area contributed by atoms with Gasteiger partial charge in [-0.1, -0.05) is 19.1 Å². The first kappa shape index (κ1) is 22.0. The molecule has 1 aromatic carbocycles. The number of rotatable bonds is 6. The summed E-state index contributed by atoms with van der Waals surface area (Å²) in [5.41, 5.74) is 1.72. The van der Waals surface area contributed by atoms with Crippen molar-refractivity contribution in [1.29, 1.82) is 0 Å². The van der Waals surface area contributed by atoms with Gasteiger partial charge in [0, 0.05) is 38.3 Å². The van der Waals surface area contributed by atoms with Gasteiger partial charge in [0.2, 0.25) is 5.91 Å². The number of ether oxygens (including phenoxy) is 1. The molecular weight excluding hydrogens is 415 g/mol. The number of anilines is 2. The maximum Gasteiger partial charge on any atom is 0.414 e. The smallest absolute Gasteiger partial charge is 0.414 e. The molecule has 2 saturated heterocycles. The molecule has 172 valence electrons. The zero-order valence-corrected chi connectivity index (χ0v) is 18.7. The maximum absolute atomic E-state index is 15.0. The Morgan fingerprint density at radius 2 is 2.03 bits per heavy atom. The Kier molecular flexibility index (Phi) is 6.29. The Labute approximate surface area is 186 Å². The van der Waals surface area contributed by atoms with Gasteiger partial charge in [0.1, 0.15) is 11.9 Å². The molecule has 0 aliphatic carbocycles. The summed E-state index contributed by atoms with van der Waals surface area (Å²) in [5.74, 6) is -0.228. The number of carbonyl (C=O) groups is 2. The van der Waals surface area contributed by atoms with Crippen molar-refractivity contribution in [3.63, 3.8) is 0 Å². The third kappa shape index (κ3) is 4.53. The van der Waals surface area contributed by atoms with E-state index in [4.69, 9.17) is 4.74 Å². The fourth-order valence-electron chi connectivity index (χ4n) is 4.09. The van der Waals surface area contributed by atoms with Crippen LogP contribution in [0.15, 0.2) is 24.4 Å². The van der Waals surface area contributed by atoms with Gasteiger partial charge in [0.05, 0.1) is 30.2 Å². The highest BCUT2D eigenvalue weighted by atomic mass is 19.1. The molecule has 2 aliphatic heterocycles. The molecule has 1 aromatic heterocycles. The van der Waals surface area contributed by atoms with Crippen LogP contribution in [0.2, 0.25) is 0 Å². The largest absolute Gasteiger partial charge is 0.442 e. The van der Waals surface area contributed by atoms with E-state index in [-0.39, 0.29) is 17.9 Å². The van der Waals surface area contributed by atoms with Gasteiger partial charge >= 0.3 is 6.09 Å². The van der Waals surface area contributed by atoms with Gasteiger partial charge in [-0.05, 0) is 31.5 Å². The van der Waals surface area contributed by atoms with Gasteiger partial charge in [-0.2, -0.15) is 0 Å². The van der Waals surface area contributed by atoms with E-state index >= 15 is 0 Å². The standard InChI is InChI=1S/C22H29FN6O3/c1-4-15(2)21(30)27-9-7-26(8-10-27)20-6-5-17(11-19(20)23)29-14-18(32-22(29)31)13-28-12-16(3)24-25-28/h5-6,11-12,15,18H,4,7-10,13-14H2,1-3H3/t15?,18-/m0/s1. The highest BCUT2D eigenvalue weighted by Gasteiger charge is 2.33. The highest BCUT2D eigenvalue weighted by Crippen LogP contribution is 2.29. The first-order chi connectivity index (χ1) is 15.4. The predicted molar refractivity (Wildman–Crippen MR) is 117 cm³/mol. The molecule has 0 saturated carbocycles. The third-order valence-corrected chi connectivity index (χ3v) is 6.13. The number of piperazine rings is 1. The van der Waals surface area contributed by atoms with Crippen molar-refractivity contribution in [1.82, 2.24) is 19.9 Å². The Bertz CT molecular complexity index is 988. The third-order valence-electron chi connectivity index (χ3n) is 6.13. The molecule has 9 nitrogen and oxygen atoms in total. The fraction of sp³-hybridized carbons (Fsp3) is 0.545. The van der Waals surface area contributed by atoms with Crippen molar-refractivity contribution in [2.45, 2.75) is 39.8 Å². The Hall–Kier alpha value is -3.17. The lowest BCUT2D eigenvalue weighted by molar-refractivity contribution is -0.135. The summed E-state index contributed by atoms with van der Waals surface area (Å²) in [6, 6.07) is 4.80. The van der Waals surface area contributed by atoms with E-state index in [1.165, 1.54) is 11.0 Å². The molecule has 2 aliphatic rings. The molecule has 2 amide bonds. The molecule has 4 rings (SSSR count). The topological polar surface area (TPSA) is 83.8 Å². The first-order valence-electron chi connectivity index (χ1n) is 11.0. The number of nitrogens with zero attached hydrogens (tertiary/aromatic N) is 6. The second-order valence-electron chi connectivity index (χ2n) is 8.46. The molecule has 2 atom stereocenters. The molecule has 2 fully saturated rings. The second kappa shape index (κ2) is 9.13. The molecule has 0 N–H and O–H groups in total. The van der Waals surface area contributed by atoms with Crippen molar-refractivity contribution < 1.29 is 18.7 Å². The number of hydrogen-bond donors (Lipinski definition) is 0. The number of aromatic nitrogens is 3. The van der Waals surface area contributed by atoms with Crippen LogP contribution in [0.25, 0.3) is 0 Å². The van der Waals surface area contributed by atoms with E-state index in [0.29, 0.717) is 50.6 Å². The minimum absolute atomic E-state index is 0.00944. The van der Waals surface area contributed by atoms with Crippen LogP contribution in [0, 0.1) is 18.7 Å². The van der Waals surface area contributed by atoms with Crippen LogP contribution < -0.4 is 9.80 Å². The van der Waals surface area contributed by atoms with Crippen LogP contribution in [0.1, 0.15) is 26.0 Å². The van der Waals surface area contributed by atoms with Crippen LogP contribution >= 0.6 is 0 Å². The normalized spacial score (nSPS) is 19.9. The number of halogens is 1. The van der Waals surface area contributed by atoms with Gasteiger partial charge < -0.3 is 14.5 Å². The zero-order valence-electron chi connectivity index (χ0n) is 18.7. The number of cyclic esters (lactones) is 1. The molecule has 0 spiro atoms.